The standard InChI is InChI=1S/C14H11ClN4OS/c1-7-6-10-12(18-14(15)19-13(10)21-7)17-9-4-2-8(3-5-9)11(16)20/h2-6H,1H3,(H2,16,20)(H,17,18,19). The molecule has 3 N–H and O–H groups in total. The van der Waals surface area contributed by atoms with Crippen LogP contribution < -0.4 is 11.1 Å². The van der Waals surface area contributed by atoms with Crippen LogP contribution >= 0.6 is 22.9 Å². The molecule has 106 valence electrons. The minimum Gasteiger partial charge on any atom is -0.366 e. The number of rotatable bonds is 3. The molecule has 0 saturated heterocycles. The van der Waals surface area contributed by atoms with Gasteiger partial charge in [-0.3, -0.25) is 4.79 Å². The number of carbonyl (C=O) groups is 1. The number of thiophene rings is 1. The predicted octanol–water partition coefficient (Wildman–Crippen LogP) is 3.50. The average Bonchev–Trinajstić information content (AvgIpc) is 2.79. The van der Waals surface area contributed by atoms with E-state index in [1.165, 1.54) is 0 Å². The molecule has 0 aliphatic rings. The van der Waals surface area contributed by atoms with E-state index in [0.717, 1.165) is 20.8 Å². The number of halogens is 1. The van der Waals surface area contributed by atoms with Gasteiger partial charge in [0.25, 0.3) is 0 Å². The molecule has 0 aliphatic heterocycles. The number of benzene rings is 1. The number of nitrogens with zero attached hydrogens (tertiary/aromatic N) is 2. The van der Waals surface area contributed by atoms with Gasteiger partial charge in [0.1, 0.15) is 10.6 Å². The molecule has 0 atom stereocenters. The van der Waals surface area contributed by atoms with E-state index < -0.39 is 5.91 Å². The van der Waals surface area contributed by atoms with Crippen LogP contribution in [0.5, 0.6) is 0 Å². The second-order valence-corrected chi connectivity index (χ2v) is 6.06. The van der Waals surface area contributed by atoms with Crippen molar-refractivity contribution in [2.75, 3.05) is 5.32 Å². The van der Waals surface area contributed by atoms with Gasteiger partial charge in [0, 0.05) is 16.1 Å². The maximum Gasteiger partial charge on any atom is 0.248 e. The van der Waals surface area contributed by atoms with E-state index in [1.807, 2.05) is 13.0 Å². The number of fused-ring (bicyclic) bond motifs is 1. The first-order valence-electron chi connectivity index (χ1n) is 6.13. The van der Waals surface area contributed by atoms with Crippen molar-refractivity contribution < 1.29 is 4.79 Å². The third-order valence-corrected chi connectivity index (χ3v) is 4.03. The van der Waals surface area contributed by atoms with Crippen molar-refractivity contribution in [3.63, 3.8) is 0 Å². The first kappa shape index (κ1) is 13.8. The van der Waals surface area contributed by atoms with Gasteiger partial charge in [0.05, 0.1) is 5.39 Å². The molecular formula is C14H11ClN4OS. The Labute approximate surface area is 129 Å². The van der Waals surface area contributed by atoms with E-state index >= 15 is 0 Å². The quantitative estimate of drug-likeness (QED) is 0.724. The van der Waals surface area contributed by atoms with E-state index in [-0.39, 0.29) is 5.28 Å². The summed E-state index contributed by atoms with van der Waals surface area (Å²) in [6, 6.07) is 8.85. The number of amides is 1. The van der Waals surface area contributed by atoms with E-state index in [2.05, 4.69) is 15.3 Å². The Balaban J connectivity index is 1.99. The first-order valence-corrected chi connectivity index (χ1v) is 7.33. The molecule has 21 heavy (non-hydrogen) atoms. The average molecular weight is 319 g/mol. The summed E-state index contributed by atoms with van der Waals surface area (Å²) in [4.78, 5) is 21.5. The fourth-order valence-electron chi connectivity index (χ4n) is 1.97. The van der Waals surface area contributed by atoms with Gasteiger partial charge in [0.15, 0.2) is 0 Å². The zero-order valence-corrected chi connectivity index (χ0v) is 12.6. The van der Waals surface area contributed by atoms with Gasteiger partial charge < -0.3 is 11.1 Å². The normalized spacial score (nSPS) is 10.8. The van der Waals surface area contributed by atoms with E-state index in [1.54, 1.807) is 35.6 Å². The van der Waals surface area contributed by atoms with Crippen LogP contribution in [0.15, 0.2) is 30.3 Å². The van der Waals surface area contributed by atoms with Crippen LogP contribution in [0.2, 0.25) is 5.28 Å². The molecule has 0 unspecified atom stereocenters. The fraction of sp³-hybridized carbons (Fsp3) is 0.0714. The zero-order chi connectivity index (χ0) is 15.0. The summed E-state index contributed by atoms with van der Waals surface area (Å²) in [5, 5.41) is 4.30. The van der Waals surface area contributed by atoms with E-state index in [4.69, 9.17) is 17.3 Å². The third-order valence-electron chi connectivity index (χ3n) is 2.92. The largest absolute Gasteiger partial charge is 0.366 e. The maximum absolute atomic E-state index is 11.1. The van der Waals surface area contributed by atoms with Gasteiger partial charge in [-0.2, -0.15) is 4.98 Å². The Kier molecular flexibility index (Phi) is 3.48. The van der Waals surface area contributed by atoms with Crippen molar-refractivity contribution in [2.24, 2.45) is 5.73 Å². The highest BCUT2D eigenvalue weighted by molar-refractivity contribution is 7.18. The topological polar surface area (TPSA) is 80.9 Å². The molecule has 5 nitrogen and oxygen atoms in total. The molecule has 3 rings (SSSR count). The number of nitrogens with one attached hydrogen (secondary N) is 1. The predicted molar refractivity (Wildman–Crippen MR) is 85.4 cm³/mol. The minimum absolute atomic E-state index is 0.195. The number of carbonyl (C=O) groups excluding carboxylic acids is 1. The lowest BCUT2D eigenvalue weighted by Gasteiger charge is -2.07. The van der Waals surface area contributed by atoms with Crippen molar-refractivity contribution in [1.82, 2.24) is 9.97 Å². The second-order valence-electron chi connectivity index (χ2n) is 4.48. The van der Waals surface area contributed by atoms with Crippen molar-refractivity contribution >= 4 is 50.6 Å². The van der Waals surface area contributed by atoms with Gasteiger partial charge in [-0.1, -0.05) is 0 Å². The van der Waals surface area contributed by atoms with Gasteiger partial charge >= 0.3 is 0 Å². The van der Waals surface area contributed by atoms with Gasteiger partial charge in [-0.25, -0.2) is 4.98 Å². The molecule has 0 fully saturated rings. The number of primary amides is 1. The van der Waals surface area contributed by atoms with E-state index in [9.17, 15) is 4.79 Å². The Hall–Kier alpha value is -2.18. The van der Waals surface area contributed by atoms with Crippen molar-refractivity contribution in [1.29, 1.82) is 0 Å². The van der Waals surface area contributed by atoms with Crippen LogP contribution in [0.3, 0.4) is 0 Å². The molecule has 0 spiro atoms. The minimum atomic E-state index is -0.456. The number of anilines is 2. The highest BCUT2D eigenvalue weighted by Gasteiger charge is 2.10. The van der Waals surface area contributed by atoms with Crippen molar-refractivity contribution in [3.05, 3.63) is 46.1 Å². The highest BCUT2D eigenvalue weighted by atomic mass is 35.5. The van der Waals surface area contributed by atoms with Crippen LogP contribution in [-0.4, -0.2) is 15.9 Å². The summed E-state index contributed by atoms with van der Waals surface area (Å²) in [5.41, 5.74) is 6.47. The first-order chi connectivity index (χ1) is 10.0. The number of aromatic nitrogens is 2. The van der Waals surface area contributed by atoms with Gasteiger partial charge in [-0.15, -0.1) is 11.3 Å². The summed E-state index contributed by atoms with van der Waals surface area (Å²) in [7, 11) is 0. The van der Waals surface area contributed by atoms with Crippen LogP contribution in [0.4, 0.5) is 11.5 Å². The maximum atomic E-state index is 11.1. The van der Waals surface area contributed by atoms with Crippen molar-refractivity contribution in [2.45, 2.75) is 6.92 Å². The molecule has 0 bridgehead atoms. The van der Waals surface area contributed by atoms with Crippen molar-refractivity contribution in [3.8, 4) is 0 Å². The van der Waals surface area contributed by atoms with Crippen LogP contribution in [0.1, 0.15) is 15.2 Å². The molecule has 1 amide bonds. The van der Waals surface area contributed by atoms with Crippen LogP contribution in [-0.2, 0) is 0 Å². The molecule has 0 aliphatic carbocycles. The van der Waals surface area contributed by atoms with Gasteiger partial charge in [-0.05, 0) is 48.9 Å². The number of hydrogen-bond donors (Lipinski definition) is 2. The fourth-order valence-corrected chi connectivity index (χ4v) is 3.06. The Morgan fingerprint density at radius 1 is 1.29 bits per heavy atom. The molecule has 3 aromatic rings. The summed E-state index contributed by atoms with van der Waals surface area (Å²) in [5.74, 6) is 0.184. The smallest absolute Gasteiger partial charge is 0.248 e. The van der Waals surface area contributed by atoms with Crippen LogP contribution in [0, 0.1) is 6.92 Å². The molecule has 2 heterocycles. The zero-order valence-electron chi connectivity index (χ0n) is 11.1. The molecular weight excluding hydrogens is 308 g/mol. The molecule has 2 aromatic heterocycles. The third kappa shape index (κ3) is 2.81. The molecule has 0 radical (unpaired) electrons. The second kappa shape index (κ2) is 5.31. The Bertz CT molecular complexity index is 829. The lowest BCUT2D eigenvalue weighted by molar-refractivity contribution is 0.100. The van der Waals surface area contributed by atoms with E-state index in [0.29, 0.717) is 11.4 Å². The van der Waals surface area contributed by atoms with Crippen LogP contribution in [0.25, 0.3) is 10.2 Å². The Morgan fingerprint density at radius 3 is 2.67 bits per heavy atom. The van der Waals surface area contributed by atoms with Gasteiger partial charge in [0.2, 0.25) is 11.2 Å². The molecule has 0 saturated carbocycles. The molecule has 7 heteroatoms. The molecule has 1 aromatic carbocycles. The summed E-state index contributed by atoms with van der Waals surface area (Å²) >= 11 is 7.51. The number of hydrogen-bond acceptors (Lipinski definition) is 5. The lowest BCUT2D eigenvalue weighted by atomic mass is 10.2. The number of nitrogens with two attached hydrogens (primary N) is 1. The monoisotopic (exact) mass is 318 g/mol. The highest BCUT2D eigenvalue weighted by Crippen LogP contribution is 2.31. The Morgan fingerprint density at radius 2 is 2.00 bits per heavy atom. The lowest BCUT2D eigenvalue weighted by Crippen LogP contribution is -2.10. The summed E-state index contributed by atoms with van der Waals surface area (Å²) in [6.45, 7) is 2.01. The SMILES string of the molecule is Cc1cc2c(Nc3ccc(C(N)=O)cc3)nc(Cl)nc2s1. The summed E-state index contributed by atoms with van der Waals surface area (Å²) in [6.07, 6.45) is 0. The number of aryl methyl sites for hydroxylation is 1. The summed E-state index contributed by atoms with van der Waals surface area (Å²) < 4.78 is 0.